The number of benzene rings is 2. The minimum atomic E-state index is -4.55. The van der Waals surface area contributed by atoms with Crippen LogP contribution in [-0.2, 0) is 16.0 Å². The number of halogens is 3. The fourth-order valence-corrected chi connectivity index (χ4v) is 5.03. The molecule has 188 valence electrons. The van der Waals surface area contributed by atoms with E-state index >= 15 is 0 Å². The second-order valence-corrected chi connectivity index (χ2v) is 10.4. The van der Waals surface area contributed by atoms with Gasteiger partial charge in [-0.1, -0.05) is 6.07 Å². The van der Waals surface area contributed by atoms with Gasteiger partial charge in [0.05, 0.1) is 22.9 Å². The van der Waals surface area contributed by atoms with Gasteiger partial charge in [-0.05, 0) is 62.4 Å². The lowest BCUT2D eigenvalue weighted by Crippen LogP contribution is -2.11. The number of pyridine rings is 1. The smallest absolute Gasteiger partial charge is 0.417 e. The van der Waals surface area contributed by atoms with Crippen LogP contribution < -0.4 is 4.74 Å². The zero-order valence-corrected chi connectivity index (χ0v) is 20.2. The van der Waals surface area contributed by atoms with Gasteiger partial charge in [-0.2, -0.15) is 13.2 Å². The van der Waals surface area contributed by atoms with Crippen molar-refractivity contribution in [3.05, 3.63) is 72.1 Å². The lowest BCUT2D eigenvalue weighted by molar-refractivity contribution is -0.137. The molecule has 1 N–H and O–H groups in total. The fourth-order valence-electron chi connectivity index (χ4n) is 3.94. The third-order valence-electron chi connectivity index (χ3n) is 5.35. The van der Waals surface area contributed by atoms with Crippen LogP contribution in [0.4, 0.5) is 13.2 Å². The largest absolute Gasteiger partial charge is 0.491 e. The molecule has 2 heterocycles. The van der Waals surface area contributed by atoms with E-state index in [0.717, 1.165) is 12.3 Å². The molecule has 0 saturated heterocycles. The lowest BCUT2D eigenvalue weighted by Gasteiger charge is -2.12. The lowest BCUT2D eigenvalue weighted by atomic mass is 10.1. The van der Waals surface area contributed by atoms with Gasteiger partial charge in [-0.3, -0.25) is 4.98 Å². The van der Waals surface area contributed by atoms with Crippen molar-refractivity contribution in [2.24, 2.45) is 0 Å². The van der Waals surface area contributed by atoms with Gasteiger partial charge in [0, 0.05) is 29.1 Å². The molecule has 11 heteroatoms. The van der Waals surface area contributed by atoms with Gasteiger partial charge in [0.25, 0.3) is 0 Å². The van der Waals surface area contributed by atoms with E-state index in [2.05, 4.69) is 4.98 Å². The Balaban J connectivity index is 1.95. The summed E-state index contributed by atoms with van der Waals surface area (Å²) in [5.74, 6) is -0.899. The van der Waals surface area contributed by atoms with Gasteiger partial charge in [-0.25, -0.2) is 13.2 Å². The van der Waals surface area contributed by atoms with E-state index in [9.17, 15) is 31.5 Å². The van der Waals surface area contributed by atoms with Crippen LogP contribution in [0, 0.1) is 0 Å². The molecule has 0 aliphatic carbocycles. The number of carbonyl (C=O) groups is 1. The standard InChI is InChI=1S/C25H21F3N2O5S/c1-14(2)35-18-8-6-17(7-9-18)30-21-11-4-15(20-10-5-16(13-29-20)25(26,27)28)12-19(21)23(36(3,33)34)22(30)24(31)32/h4-14H,1-3H3,(H,31,32). The molecule has 36 heavy (non-hydrogen) atoms. The average Bonchev–Trinajstić information content (AvgIpc) is 3.14. The van der Waals surface area contributed by atoms with Crippen LogP contribution in [0.5, 0.6) is 5.75 Å². The molecule has 0 bridgehead atoms. The van der Waals surface area contributed by atoms with E-state index in [4.69, 9.17) is 4.74 Å². The molecule has 0 spiro atoms. The zero-order chi connectivity index (χ0) is 26.4. The molecule has 0 radical (unpaired) electrons. The van der Waals surface area contributed by atoms with Crippen molar-refractivity contribution in [2.45, 2.75) is 31.0 Å². The number of fused-ring (bicyclic) bond motifs is 1. The molecule has 2 aromatic heterocycles. The number of alkyl halides is 3. The Labute approximate surface area is 204 Å². The number of aromatic carboxylic acids is 1. The third-order valence-corrected chi connectivity index (χ3v) is 6.50. The van der Waals surface area contributed by atoms with Crippen LogP contribution >= 0.6 is 0 Å². The van der Waals surface area contributed by atoms with Crippen LogP contribution in [0.2, 0.25) is 0 Å². The van der Waals surface area contributed by atoms with Crippen molar-refractivity contribution in [3.63, 3.8) is 0 Å². The van der Waals surface area contributed by atoms with E-state index in [1.807, 2.05) is 13.8 Å². The summed E-state index contributed by atoms with van der Waals surface area (Å²) in [6.45, 7) is 3.72. The number of carboxylic acid groups (broad SMARTS) is 1. The van der Waals surface area contributed by atoms with Crippen molar-refractivity contribution < 1.29 is 36.2 Å². The monoisotopic (exact) mass is 518 g/mol. The number of ether oxygens (including phenoxy) is 1. The highest BCUT2D eigenvalue weighted by molar-refractivity contribution is 7.91. The SMILES string of the molecule is CC(C)Oc1ccc(-n2c(C(=O)O)c(S(C)(=O)=O)c3cc(-c4ccc(C(F)(F)F)cn4)ccc32)cc1. The first kappa shape index (κ1) is 25.2. The molecule has 0 aliphatic rings. The summed E-state index contributed by atoms with van der Waals surface area (Å²) in [7, 11) is -4.04. The molecular formula is C25H21F3N2O5S. The molecule has 4 rings (SSSR count). The van der Waals surface area contributed by atoms with Gasteiger partial charge >= 0.3 is 12.1 Å². The Bertz CT molecular complexity index is 1560. The Hall–Kier alpha value is -3.86. The van der Waals surface area contributed by atoms with Crippen LogP contribution in [0.3, 0.4) is 0 Å². The second kappa shape index (κ2) is 8.98. The summed E-state index contributed by atoms with van der Waals surface area (Å²) < 4.78 is 71.2. The van der Waals surface area contributed by atoms with Crippen molar-refractivity contribution in [3.8, 4) is 22.7 Å². The second-order valence-electron chi connectivity index (χ2n) is 8.41. The summed E-state index contributed by atoms with van der Waals surface area (Å²) in [4.78, 5) is 15.8. The number of aromatic nitrogens is 2. The first-order chi connectivity index (χ1) is 16.8. The molecule has 0 unspecified atom stereocenters. The molecule has 7 nitrogen and oxygen atoms in total. The summed E-state index contributed by atoms with van der Waals surface area (Å²) in [5.41, 5.74) is -0.194. The third kappa shape index (κ3) is 4.78. The van der Waals surface area contributed by atoms with Crippen LogP contribution in [0.1, 0.15) is 29.9 Å². The van der Waals surface area contributed by atoms with E-state index in [0.29, 0.717) is 28.7 Å². The molecule has 0 saturated carbocycles. The number of sulfone groups is 1. The summed E-state index contributed by atoms with van der Waals surface area (Å²) >= 11 is 0. The van der Waals surface area contributed by atoms with Crippen LogP contribution in [0.25, 0.3) is 27.8 Å². The van der Waals surface area contributed by atoms with E-state index in [1.165, 1.54) is 22.8 Å². The van der Waals surface area contributed by atoms with E-state index in [1.54, 1.807) is 30.3 Å². The molecule has 0 aliphatic heterocycles. The number of nitrogens with zero attached hydrogens (tertiary/aromatic N) is 2. The molecular weight excluding hydrogens is 497 g/mol. The molecule has 0 fully saturated rings. The van der Waals surface area contributed by atoms with Gasteiger partial charge in [-0.15, -0.1) is 0 Å². The number of rotatable bonds is 6. The maximum Gasteiger partial charge on any atom is 0.417 e. The topological polar surface area (TPSA) is 98.5 Å². The highest BCUT2D eigenvalue weighted by atomic mass is 32.2. The summed E-state index contributed by atoms with van der Waals surface area (Å²) in [5, 5.41) is 10.1. The Morgan fingerprint density at radius 3 is 2.22 bits per heavy atom. The predicted molar refractivity (Wildman–Crippen MR) is 127 cm³/mol. The van der Waals surface area contributed by atoms with Gasteiger partial charge in [0.1, 0.15) is 10.6 Å². The number of carboxylic acids is 1. The number of hydrogen-bond acceptors (Lipinski definition) is 5. The quantitative estimate of drug-likeness (QED) is 0.357. The van der Waals surface area contributed by atoms with Gasteiger partial charge < -0.3 is 14.4 Å². The maximum absolute atomic E-state index is 12.9. The van der Waals surface area contributed by atoms with E-state index in [-0.39, 0.29) is 17.2 Å². The Morgan fingerprint density at radius 1 is 1.06 bits per heavy atom. The molecule has 0 amide bonds. The van der Waals surface area contributed by atoms with E-state index < -0.39 is 38.1 Å². The Kier molecular flexibility index (Phi) is 6.29. The normalized spacial score (nSPS) is 12.3. The van der Waals surface area contributed by atoms with Gasteiger partial charge in [0.15, 0.2) is 15.5 Å². The minimum Gasteiger partial charge on any atom is -0.491 e. The van der Waals surface area contributed by atoms with Crippen molar-refractivity contribution in [1.29, 1.82) is 0 Å². The first-order valence-corrected chi connectivity index (χ1v) is 12.6. The van der Waals surface area contributed by atoms with Crippen molar-refractivity contribution in [2.75, 3.05) is 6.26 Å². The van der Waals surface area contributed by atoms with Crippen LogP contribution in [-0.4, -0.2) is 41.4 Å². The van der Waals surface area contributed by atoms with Crippen molar-refractivity contribution >= 4 is 26.7 Å². The average molecular weight is 519 g/mol. The summed E-state index contributed by atoms with van der Waals surface area (Å²) in [6.07, 6.45) is -3.04. The first-order valence-electron chi connectivity index (χ1n) is 10.7. The predicted octanol–water partition coefficient (Wildman–Crippen LogP) is 5.60. The maximum atomic E-state index is 12.9. The molecule has 2 aromatic carbocycles. The minimum absolute atomic E-state index is 0.0769. The highest BCUT2D eigenvalue weighted by Gasteiger charge is 2.31. The fraction of sp³-hybridized carbons (Fsp3) is 0.200. The van der Waals surface area contributed by atoms with Gasteiger partial charge in [0.2, 0.25) is 0 Å². The van der Waals surface area contributed by atoms with Crippen molar-refractivity contribution in [1.82, 2.24) is 9.55 Å². The number of hydrogen-bond donors (Lipinski definition) is 1. The molecule has 0 atom stereocenters. The highest BCUT2D eigenvalue weighted by Crippen LogP contribution is 2.36. The zero-order valence-electron chi connectivity index (χ0n) is 19.4. The summed E-state index contributed by atoms with van der Waals surface area (Å²) in [6, 6.07) is 13.0. The Morgan fingerprint density at radius 2 is 1.72 bits per heavy atom. The molecule has 4 aromatic rings. The van der Waals surface area contributed by atoms with Crippen LogP contribution in [0.15, 0.2) is 65.7 Å².